The van der Waals surface area contributed by atoms with Crippen molar-refractivity contribution in [3.63, 3.8) is 0 Å². The van der Waals surface area contributed by atoms with E-state index < -0.39 is 0 Å². The molecule has 0 radical (unpaired) electrons. The Morgan fingerprint density at radius 3 is 1.76 bits per heavy atom. The highest BCUT2D eigenvalue weighted by molar-refractivity contribution is 7.26. The first-order valence-corrected chi connectivity index (χ1v) is 21.9. The second-order valence-corrected chi connectivity index (χ2v) is 17.0. The van der Waals surface area contributed by atoms with Gasteiger partial charge in [-0.05, 0) is 76.9 Å². The fourth-order valence-electron chi connectivity index (χ4n) is 9.37. The lowest BCUT2D eigenvalue weighted by Crippen LogP contribution is -2.00. The van der Waals surface area contributed by atoms with E-state index in [4.69, 9.17) is 19.4 Å². The van der Waals surface area contributed by atoms with Gasteiger partial charge >= 0.3 is 0 Å². The number of para-hydroxylation sites is 3. The molecule has 6 heteroatoms. The van der Waals surface area contributed by atoms with Crippen molar-refractivity contribution in [3.8, 4) is 62.1 Å². The van der Waals surface area contributed by atoms with E-state index in [1.807, 2.05) is 54.6 Å². The van der Waals surface area contributed by atoms with Crippen molar-refractivity contribution >= 4 is 75.3 Å². The third-order valence-electron chi connectivity index (χ3n) is 12.3. The van der Waals surface area contributed by atoms with Crippen molar-refractivity contribution in [2.75, 3.05) is 0 Å². The standard InChI is InChI=1S/C57H34N4OS/c1-3-14-35(15-4-1)55-58-56(37-27-30-45-44-21-10-12-24-50(44)62-51(45)33-37)60-57(59-55)38-28-31-47-53(34-38)63-52-25-13-22-46(54(47)52)41-19-8-7-18-40(41)36-26-29-43-42-20-9-11-23-48(42)61(49(43)32-36)39-16-5-2-6-17-39/h1-34H. The SMILES string of the molecule is c1ccc(-c2nc(-c3ccc4c(c3)oc3ccccc34)nc(-c3ccc4c(c3)sc3cccc(-c5ccccc5-c5ccc6c7ccccc7n(-c7ccccc7)c6c5)c34)n2)cc1. The highest BCUT2D eigenvalue weighted by Crippen LogP contribution is 2.45. The van der Waals surface area contributed by atoms with Crippen LogP contribution in [0.4, 0.5) is 0 Å². The Labute approximate surface area is 365 Å². The number of hydrogen-bond donors (Lipinski definition) is 0. The number of furan rings is 1. The molecule has 0 N–H and O–H groups in total. The van der Waals surface area contributed by atoms with Crippen LogP contribution in [0.5, 0.6) is 0 Å². The molecule has 0 saturated heterocycles. The molecule has 4 heterocycles. The molecule has 0 amide bonds. The van der Waals surface area contributed by atoms with Crippen LogP contribution in [0.1, 0.15) is 0 Å². The number of rotatable bonds is 6. The maximum absolute atomic E-state index is 6.27. The summed E-state index contributed by atoms with van der Waals surface area (Å²) in [6.45, 7) is 0. The van der Waals surface area contributed by atoms with Crippen LogP contribution < -0.4 is 0 Å². The molecule has 0 fully saturated rings. The van der Waals surface area contributed by atoms with Gasteiger partial charge in [-0.25, -0.2) is 15.0 Å². The lowest BCUT2D eigenvalue weighted by atomic mass is 9.91. The van der Waals surface area contributed by atoms with E-state index >= 15 is 0 Å². The summed E-state index contributed by atoms with van der Waals surface area (Å²) in [7, 11) is 0. The predicted octanol–water partition coefficient (Wildman–Crippen LogP) is 15.6. The molecule has 0 saturated carbocycles. The van der Waals surface area contributed by atoms with Crippen LogP contribution in [0, 0.1) is 0 Å². The Bertz CT molecular complexity index is 3920. The van der Waals surface area contributed by atoms with Crippen molar-refractivity contribution in [1.82, 2.24) is 19.5 Å². The molecule has 9 aromatic carbocycles. The van der Waals surface area contributed by atoms with Gasteiger partial charge in [0.2, 0.25) is 0 Å². The Morgan fingerprint density at radius 2 is 0.937 bits per heavy atom. The lowest BCUT2D eigenvalue weighted by Gasteiger charge is -2.13. The summed E-state index contributed by atoms with van der Waals surface area (Å²) in [5, 5.41) is 7.10. The van der Waals surface area contributed by atoms with E-state index in [1.54, 1.807) is 11.3 Å². The van der Waals surface area contributed by atoms with Gasteiger partial charge in [0.25, 0.3) is 0 Å². The normalized spacial score (nSPS) is 11.8. The maximum Gasteiger partial charge on any atom is 0.164 e. The molecule has 0 aliphatic heterocycles. The van der Waals surface area contributed by atoms with E-state index in [0.29, 0.717) is 17.5 Å². The zero-order valence-electron chi connectivity index (χ0n) is 33.7. The minimum absolute atomic E-state index is 0.596. The Morgan fingerprint density at radius 1 is 0.349 bits per heavy atom. The number of nitrogens with zero attached hydrogens (tertiary/aromatic N) is 4. The second-order valence-electron chi connectivity index (χ2n) is 15.9. The van der Waals surface area contributed by atoms with Crippen LogP contribution >= 0.6 is 11.3 Å². The van der Waals surface area contributed by atoms with Crippen molar-refractivity contribution < 1.29 is 4.42 Å². The van der Waals surface area contributed by atoms with Crippen LogP contribution in [-0.4, -0.2) is 19.5 Å². The van der Waals surface area contributed by atoms with Gasteiger partial charge in [0.1, 0.15) is 11.2 Å². The van der Waals surface area contributed by atoms with Crippen molar-refractivity contribution in [2.45, 2.75) is 0 Å². The van der Waals surface area contributed by atoms with E-state index in [-0.39, 0.29) is 0 Å². The molecule has 13 rings (SSSR count). The molecule has 0 atom stereocenters. The molecule has 13 aromatic rings. The summed E-state index contributed by atoms with van der Waals surface area (Å²) in [5.74, 6) is 1.84. The molecule has 0 unspecified atom stereocenters. The van der Waals surface area contributed by atoms with Crippen LogP contribution in [-0.2, 0) is 0 Å². The van der Waals surface area contributed by atoms with Gasteiger partial charge < -0.3 is 8.98 Å². The maximum atomic E-state index is 6.27. The van der Waals surface area contributed by atoms with Gasteiger partial charge in [-0.2, -0.15) is 0 Å². The van der Waals surface area contributed by atoms with Crippen LogP contribution in [0.25, 0.3) is 126 Å². The summed E-state index contributed by atoms with van der Waals surface area (Å²) >= 11 is 1.80. The zero-order chi connectivity index (χ0) is 41.4. The Hall–Kier alpha value is -8.19. The number of hydrogen-bond acceptors (Lipinski definition) is 5. The molecule has 0 aliphatic carbocycles. The number of fused-ring (bicyclic) bond motifs is 9. The minimum Gasteiger partial charge on any atom is -0.456 e. The van der Waals surface area contributed by atoms with Gasteiger partial charge in [-0.1, -0.05) is 152 Å². The first-order valence-electron chi connectivity index (χ1n) is 21.1. The average Bonchev–Trinajstić information content (AvgIpc) is 4.03. The number of aromatic nitrogens is 4. The first kappa shape index (κ1) is 35.6. The summed E-state index contributed by atoms with van der Waals surface area (Å²) in [6.07, 6.45) is 0. The topological polar surface area (TPSA) is 56.7 Å². The molecule has 4 aromatic heterocycles. The highest BCUT2D eigenvalue weighted by Gasteiger charge is 2.19. The predicted molar refractivity (Wildman–Crippen MR) is 262 cm³/mol. The monoisotopic (exact) mass is 822 g/mol. The third kappa shape index (κ3) is 5.80. The lowest BCUT2D eigenvalue weighted by molar-refractivity contribution is 0.669. The molecular weight excluding hydrogens is 789 g/mol. The average molecular weight is 823 g/mol. The van der Waals surface area contributed by atoms with Crippen LogP contribution in [0.2, 0.25) is 0 Å². The van der Waals surface area contributed by atoms with Gasteiger partial charge in [0, 0.05) is 64.1 Å². The molecule has 63 heavy (non-hydrogen) atoms. The van der Waals surface area contributed by atoms with E-state index in [9.17, 15) is 0 Å². The Kier molecular flexibility index (Phi) is 8.01. The summed E-state index contributed by atoms with van der Waals surface area (Å²) in [6, 6.07) is 72.9. The second kappa shape index (κ2) is 14.2. The van der Waals surface area contributed by atoms with E-state index in [2.05, 4.69) is 156 Å². The highest BCUT2D eigenvalue weighted by atomic mass is 32.1. The quantitative estimate of drug-likeness (QED) is 0.168. The van der Waals surface area contributed by atoms with Crippen LogP contribution in [0.15, 0.2) is 211 Å². The molecule has 0 spiro atoms. The van der Waals surface area contributed by atoms with Crippen molar-refractivity contribution in [2.24, 2.45) is 0 Å². The molecular formula is C57H34N4OS. The molecule has 5 nitrogen and oxygen atoms in total. The number of thiophene rings is 1. The third-order valence-corrected chi connectivity index (χ3v) is 13.4. The summed E-state index contributed by atoms with van der Waals surface area (Å²) < 4.78 is 11.1. The Balaban J connectivity index is 0.943. The fraction of sp³-hybridized carbons (Fsp3) is 0. The van der Waals surface area contributed by atoms with Gasteiger partial charge in [0.15, 0.2) is 17.5 Å². The molecule has 0 aliphatic rings. The molecule has 0 bridgehead atoms. The minimum atomic E-state index is 0.596. The zero-order valence-corrected chi connectivity index (χ0v) is 34.6. The smallest absolute Gasteiger partial charge is 0.164 e. The molecule has 294 valence electrons. The first-order chi connectivity index (χ1) is 31.2. The van der Waals surface area contributed by atoms with Gasteiger partial charge in [0.05, 0.1) is 11.0 Å². The van der Waals surface area contributed by atoms with Crippen molar-refractivity contribution in [3.05, 3.63) is 206 Å². The summed E-state index contributed by atoms with van der Waals surface area (Å²) in [5.41, 5.74) is 12.7. The fourth-order valence-corrected chi connectivity index (χ4v) is 10.5. The van der Waals surface area contributed by atoms with Crippen molar-refractivity contribution in [1.29, 1.82) is 0 Å². The van der Waals surface area contributed by atoms with Gasteiger partial charge in [-0.15, -0.1) is 11.3 Å². The van der Waals surface area contributed by atoms with Gasteiger partial charge in [-0.3, -0.25) is 0 Å². The number of benzene rings is 9. The largest absolute Gasteiger partial charge is 0.456 e. The van der Waals surface area contributed by atoms with E-state index in [1.165, 1.54) is 64.2 Å². The van der Waals surface area contributed by atoms with E-state index in [0.717, 1.165) is 44.3 Å². The van der Waals surface area contributed by atoms with Crippen LogP contribution in [0.3, 0.4) is 0 Å². The summed E-state index contributed by atoms with van der Waals surface area (Å²) in [4.78, 5) is 15.2.